The fraction of sp³-hybridized carbons (Fsp3) is 0.111. The molecule has 0 aliphatic carbocycles. The second-order valence-corrected chi connectivity index (χ2v) is 5.38. The maximum atomic E-state index is 11.0. The molecule has 0 aliphatic heterocycles. The number of imidazole rings is 1. The van der Waals surface area contributed by atoms with Crippen molar-refractivity contribution in [1.29, 1.82) is 0 Å². The van der Waals surface area contributed by atoms with Crippen LogP contribution in [0.2, 0.25) is 0 Å². The lowest BCUT2D eigenvalue weighted by Crippen LogP contribution is -1.97. The Morgan fingerprint density at radius 2 is 2.04 bits per heavy atom. The molecule has 2 aromatic heterocycles. The van der Waals surface area contributed by atoms with E-state index < -0.39 is 5.97 Å². The van der Waals surface area contributed by atoms with Gasteiger partial charge in [-0.1, -0.05) is 6.58 Å². The molecule has 23 heavy (non-hydrogen) atoms. The number of benzene rings is 1. The van der Waals surface area contributed by atoms with Crippen molar-refractivity contribution in [3.05, 3.63) is 66.5 Å². The SMILES string of the molecule is C=C(C)COc1ccc(-c2cn3ccc(C(=O)O)cc3n2)cc1. The van der Waals surface area contributed by atoms with E-state index >= 15 is 0 Å². The Bertz CT molecular complexity index is 879. The van der Waals surface area contributed by atoms with Gasteiger partial charge in [-0.2, -0.15) is 0 Å². The monoisotopic (exact) mass is 308 g/mol. The summed E-state index contributed by atoms with van der Waals surface area (Å²) < 4.78 is 7.37. The summed E-state index contributed by atoms with van der Waals surface area (Å²) in [6.45, 7) is 6.20. The predicted octanol–water partition coefficient (Wildman–Crippen LogP) is 3.65. The molecule has 116 valence electrons. The van der Waals surface area contributed by atoms with E-state index in [0.717, 1.165) is 22.6 Å². The molecule has 0 bridgehead atoms. The highest BCUT2D eigenvalue weighted by Crippen LogP contribution is 2.22. The van der Waals surface area contributed by atoms with Crippen LogP contribution in [-0.2, 0) is 0 Å². The standard InChI is InChI=1S/C18H16N2O3/c1-12(2)11-23-15-5-3-13(4-6-15)16-10-20-8-7-14(18(21)22)9-17(20)19-16/h3-10H,1,11H2,2H3,(H,21,22). The van der Waals surface area contributed by atoms with Crippen molar-refractivity contribution in [1.82, 2.24) is 9.38 Å². The van der Waals surface area contributed by atoms with Crippen molar-refractivity contribution in [2.24, 2.45) is 0 Å². The number of hydrogen-bond donors (Lipinski definition) is 1. The van der Waals surface area contributed by atoms with Crippen LogP contribution in [0.1, 0.15) is 17.3 Å². The smallest absolute Gasteiger partial charge is 0.335 e. The molecule has 0 amide bonds. The van der Waals surface area contributed by atoms with Gasteiger partial charge in [-0.05, 0) is 48.9 Å². The summed E-state index contributed by atoms with van der Waals surface area (Å²) in [5, 5.41) is 9.03. The average molecular weight is 308 g/mol. The van der Waals surface area contributed by atoms with Gasteiger partial charge in [0.05, 0.1) is 11.3 Å². The maximum Gasteiger partial charge on any atom is 0.335 e. The molecular weight excluding hydrogens is 292 g/mol. The first kappa shape index (κ1) is 14.8. The highest BCUT2D eigenvalue weighted by atomic mass is 16.5. The number of aromatic nitrogens is 2. The number of ether oxygens (including phenoxy) is 1. The fourth-order valence-corrected chi connectivity index (χ4v) is 2.18. The van der Waals surface area contributed by atoms with Gasteiger partial charge in [0.25, 0.3) is 0 Å². The molecule has 0 spiro atoms. The minimum Gasteiger partial charge on any atom is -0.489 e. The lowest BCUT2D eigenvalue weighted by atomic mass is 10.1. The minimum atomic E-state index is -0.962. The van der Waals surface area contributed by atoms with E-state index in [9.17, 15) is 4.79 Å². The van der Waals surface area contributed by atoms with E-state index in [1.807, 2.05) is 37.4 Å². The zero-order valence-electron chi connectivity index (χ0n) is 12.7. The molecule has 0 saturated heterocycles. The van der Waals surface area contributed by atoms with Gasteiger partial charge in [-0.15, -0.1) is 0 Å². The Labute approximate surface area is 133 Å². The molecule has 1 N–H and O–H groups in total. The van der Waals surface area contributed by atoms with Gasteiger partial charge in [0, 0.05) is 18.0 Å². The van der Waals surface area contributed by atoms with Crippen LogP contribution in [0.3, 0.4) is 0 Å². The predicted molar refractivity (Wildman–Crippen MR) is 87.9 cm³/mol. The number of carboxylic acid groups (broad SMARTS) is 1. The van der Waals surface area contributed by atoms with Crippen molar-refractivity contribution in [2.45, 2.75) is 6.92 Å². The highest BCUT2D eigenvalue weighted by Gasteiger charge is 2.08. The van der Waals surface area contributed by atoms with Gasteiger partial charge in [-0.25, -0.2) is 9.78 Å². The zero-order valence-corrected chi connectivity index (χ0v) is 12.7. The Morgan fingerprint density at radius 1 is 1.30 bits per heavy atom. The topological polar surface area (TPSA) is 63.8 Å². The van der Waals surface area contributed by atoms with Crippen molar-refractivity contribution in [2.75, 3.05) is 6.61 Å². The number of carboxylic acids is 1. The number of aromatic carboxylic acids is 1. The highest BCUT2D eigenvalue weighted by molar-refractivity contribution is 5.88. The Balaban J connectivity index is 1.87. The number of nitrogens with zero attached hydrogens (tertiary/aromatic N) is 2. The van der Waals surface area contributed by atoms with E-state index in [1.54, 1.807) is 22.7 Å². The van der Waals surface area contributed by atoms with Crippen LogP contribution in [0, 0.1) is 0 Å². The summed E-state index contributed by atoms with van der Waals surface area (Å²) in [4.78, 5) is 15.5. The molecule has 5 nitrogen and oxygen atoms in total. The molecule has 0 fully saturated rings. The quantitative estimate of drug-likeness (QED) is 0.731. The molecule has 0 radical (unpaired) electrons. The zero-order chi connectivity index (χ0) is 16.4. The normalized spacial score (nSPS) is 10.7. The number of fused-ring (bicyclic) bond motifs is 1. The van der Waals surface area contributed by atoms with E-state index in [4.69, 9.17) is 9.84 Å². The van der Waals surface area contributed by atoms with Gasteiger partial charge < -0.3 is 14.2 Å². The van der Waals surface area contributed by atoms with Crippen molar-refractivity contribution in [3.8, 4) is 17.0 Å². The molecule has 0 aliphatic rings. The Morgan fingerprint density at radius 3 is 2.70 bits per heavy atom. The maximum absolute atomic E-state index is 11.0. The van der Waals surface area contributed by atoms with Gasteiger partial charge in [0.2, 0.25) is 0 Å². The van der Waals surface area contributed by atoms with Crippen LogP contribution in [0.15, 0.2) is 60.9 Å². The first-order valence-electron chi connectivity index (χ1n) is 7.12. The van der Waals surface area contributed by atoms with Crippen LogP contribution in [0.5, 0.6) is 5.75 Å². The summed E-state index contributed by atoms with van der Waals surface area (Å²) in [6, 6.07) is 10.7. The summed E-state index contributed by atoms with van der Waals surface area (Å²) >= 11 is 0. The van der Waals surface area contributed by atoms with E-state index in [0.29, 0.717) is 12.3 Å². The van der Waals surface area contributed by atoms with Crippen LogP contribution in [-0.4, -0.2) is 27.1 Å². The Kier molecular flexibility index (Phi) is 3.85. The van der Waals surface area contributed by atoms with E-state index in [2.05, 4.69) is 11.6 Å². The molecule has 0 unspecified atom stereocenters. The van der Waals surface area contributed by atoms with Gasteiger partial charge in [-0.3, -0.25) is 0 Å². The second kappa shape index (κ2) is 5.96. The minimum absolute atomic E-state index is 0.221. The fourth-order valence-electron chi connectivity index (χ4n) is 2.18. The van der Waals surface area contributed by atoms with E-state index in [-0.39, 0.29) is 5.56 Å². The van der Waals surface area contributed by atoms with Crippen molar-refractivity contribution in [3.63, 3.8) is 0 Å². The van der Waals surface area contributed by atoms with Gasteiger partial charge >= 0.3 is 5.97 Å². The summed E-state index contributed by atoms with van der Waals surface area (Å²) in [6.07, 6.45) is 3.56. The van der Waals surface area contributed by atoms with Crippen molar-refractivity contribution >= 4 is 11.6 Å². The average Bonchev–Trinajstić information content (AvgIpc) is 2.96. The number of carbonyl (C=O) groups is 1. The van der Waals surface area contributed by atoms with E-state index in [1.165, 1.54) is 0 Å². The van der Waals surface area contributed by atoms with Crippen LogP contribution in [0.4, 0.5) is 0 Å². The molecule has 5 heteroatoms. The largest absolute Gasteiger partial charge is 0.489 e. The first-order chi connectivity index (χ1) is 11.0. The van der Waals surface area contributed by atoms with Crippen LogP contribution < -0.4 is 4.74 Å². The molecular formula is C18H16N2O3. The van der Waals surface area contributed by atoms with Crippen LogP contribution >= 0.6 is 0 Å². The summed E-state index contributed by atoms with van der Waals surface area (Å²) in [5.74, 6) is -0.190. The molecule has 3 rings (SSSR count). The lowest BCUT2D eigenvalue weighted by Gasteiger charge is -2.05. The first-order valence-corrected chi connectivity index (χ1v) is 7.12. The molecule has 0 atom stereocenters. The molecule has 1 aromatic carbocycles. The Hall–Kier alpha value is -3.08. The molecule has 3 aromatic rings. The second-order valence-electron chi connectivity index (χ2n) is 5.38. The summed E-state index contributed by atoms with van der Waals surface area (Å²) in [5.41, 5.74) is 3.50. The number of pyridine rings is 1. The number of hydrogen-bond acceptors (Lipinski definition) is 3. The van der Waals surface area contributed by atoms with Gasteiger partial charge in [0.1, 0.15) is 18.0 Å². The number of rotatable bonds is 5. The van der Waals surface area contributed by atoms with Gasteiger partial charge in [0.15, 0.2) is 0 Å². The lowest BCUT2D eigenvalue weighted by molar-refractivity contribution is 0.0697. The van der Waals surface area contributed by atoms with Crippen molar-refractivity contribution < 1.29 is 14.6 Å². The third-order valence-corrected chi connectivity index (χ3v) is 3.34. The summed E-state index contributed by atoms with van der Waals surface area (Å²) in [7, 11) is 0. The third kappa shape index (κ3) is 3.23. The molecule has 0 saturated carbocycles. The molecule has 2 heterocycles. The van der Waals surface area contributed by atoms with Crippen LogP contribution in [0.25, 0.3) is 16.9 Å². The third-order valence-electron chi connectivity index (χ3n) is 3.34.